The van der Waals surface area contributed by atoms with Gasteiger partial charge in [0.2, 0.25) is 0 Å². The average Bonchev–Trinajstić information content (AvgIpc) is 2.45. The summed E-state index contributed by atoms with van der Waals surface area (Å²) in [5, 5.41) is 0.911. The minimum absolute atomic E-state index is 0.602. The van der Waals surface area contributed by atoms with Gasteiger partial charge in [0.15, 0.2) is 0 Å². The van der Waals surface area contributed by atoms with E-state index in [-0.39, 0.29) is 0 Å². The summed E-state index contributed by atoms with van der Waals surface area (Å²) in [6.07, 6.45) is 9.00. The molecule has 0 saturated carbocycles. The van der Waals surface area contributed by atoms with Crippen molar-refractivity contribution in [1.82, 2.24) is 0 Å². The fourth-order valence-corrected chi connectivity index (χ4v) is 3.11. The Bertz CT molecular complexity index is 383. The van der Waals surface area contributed by atoms with E-state index < -0.39 is 0 Å². The molecule has 0 nitrogen and oxygen atoms in total. The molecule has 1 aromatic carbocycles. The molecule has 0 aromatic heterocycles. The predicted octanol–water partition coefficient (Wildman–Crippen LogP) is 7.32. The maximum absolute atomic E-state index is 6.36. The normalized spacial score (nSPS) is 14.2. The van der Waals surface area contributed by atoms with Crippen molar-refractivity contribution in [3.05, 3.63) is 34.3 Å². The largest absolute Gasteiger partial charge is 0.0843 e. The Hall–Kier alpha value is -0.490. The van der Waals surface area contributed by atoms with Gasteiger partial charge in [0.05, 0.1) is 0 Å². The van der Waals surface area contributed by atoms with Crippen LogP contribution in [-0.4, -0.2) is 0 Å². The molecule has 0 bridgehead atoms. The third kappa shape index (κ3) is 5.48. The second-order valence-corrected chi connectivity index (χ2v) is 6.55. The lowest BCUT2D eigenvalue weighted by Gasteiger charge is -2.19. The first-order valence-corrected chi connectivity index (χ1v) is 8.80. The molecule has 2 unspecified atom stereocenters. The minimum Gasteiger partial charge on any atom is -0.0843 e. The maximum atomic E-state index is 6.36. The monoisotopic (exact) mass is 294 g/mol. The van der Waals surface area contributed by atoms with E-state index in [0.29, 0.717) is 11.8 Å². The molecule has 0 amide bonds. The zero-order chi connectivity index (χ0) is 15.0. The summed E-state index contributed by atoms with van der Waals surface area (Å²) in [5.41, 5.74) is 2.87. The molecule has 20 heavy (non-hydrogen) atoms. The van der Waals surface area contributed by atoms with Crippen molar-refractivity contribution >= 4 is 11.6 Å². The first-order valence-electron chi connectivity index (χ1n) is 8.42. The highest BCUT2D eigenvalue weighted by molar-refractivity contribution is 6.30. The summed E-state index contributed by atoms with van der Waals surface area (Å²) in [6.45, 7) is 9.10. The van der Waals surface area contributed by atoms with Crippen molar-refractivity contribution in [2.75, 3.05) is 0 Å². The lowest BCUT2D eigenvalue weighted by Crippen LogP contribution is -2.01. The van der Waals surface area contributed by atoms with Crippen LogP contribution >= 0.6 is 11.6 Å². The second-order valence-electron chi connectivity index (χ2n) is 6.11. The van der Waals surface area contributed by atoms with E-state index in [1.807, 2.05) is 0 Å². The number of hydrogen-bond donors (Lipinski definition) is 0. The van der Waals surface area contributed by atoms with Crippen LogP contribution < -0.4 is 0 Å². The Morgan fingerprint density at radius 3 is 2.20 bits per heavy atom. The van der Waals surface area contributed by atoms with Crippen molar-refractivity contribution in [3.63, 3.8) is 0 Å². The Labute approximate surface area is 130 Å². The molecule has 0 fully saturated rings. The van der Waals surface area contributed by atoms with Crippen molar-refractivity contribution in [2.45, 2.75) is 84.5 Å². The summed E-state index contributed by atoms with van der Waals surface area (Å²) < 4.78 is 0. The van der Waals surface area contributed by atoms with E-state index in [4.69, 9.17) is 11.6 Å². The predicted molar refractivity (Wildman–Crippen MR) is 91.9 cm³/mol. The number of unbranched alkanes of at least 4 members (excludes halogenated alkanes) is 2. The number of rotatable bonds is 9. The molecule has 1 aromatic rings. The summed E-state index contributed by atoms with van der Waals surface area (Å²) in [4.78, 5) is 0. The molecular formula is C19H31Cl. The standard InChI is InChI=1S/C19H31Cl/c1-5-8-9-11-16(10-6-2)18-12-17(15(4)7-3)13-19(20)14-18/h12-16H,5-11H2,1-4H3. The number of benzene rings is 1. The SMILES string of the molecule is CCCCCC(CCC)c1cc(Cl)cc(C(C)CC)c1. The molecular weight excluding hydrogens is 264 g/mol. The smallest absolute Gasteiger partial charge is 0.0411 e. The Morgan fingerprint density at radius 1 is 0.900 bits per heavy atom. The summed E-state index contributed by atoms with van der Waals surface area (Å²) in [5.74, 6) is 1.29. The quantitative estimate of drug-likeness (QED) is 0.419. The topological polar surface area (TPSA) is 0 Å². The van der Waals surface area contributed by atoms with Crippen LogP contribution in [0.3, 0.4) is 0 Å². The van der Waals surface area contributed by atoms with Crippen LogP contribution in [0.25, 0.3) is 0 Å². The van der Waals surface area contributed by atoms with Gasteiger partial charge in [-0.15, -0.1) is 0 Å². The first kappa shape index (κ1) is 17.6. The molecule has 1 heteroatoms. The average molecular weight is 295 g/mol. The van der Waals surface area contributed by atoms with Crippen molar-refractivity contribution in [3.8, 4) is 0 Å². The highest BCUT2D eigenvalue weighted by atomic mass is 35.5. The number of hydrogen-bond acceptors (Lipinski definition) is 0. The van der Waals surface area contributed by atoms with Crippen molar-refractivity contribution < 1.29 is 0 Å². The van der Waals surface area contributed by atoms with Crippen LogP contribution in [0.5, 0.6) is 0 Å². The zero-order valence-electron chi connectivity index (χ0n) is 13.7. The Kier molecular flexibility index (Phi) is 8.30. The van der Waals surface area contributed by atoms with Gasteiger partial charge in [0.25, 0.3) is 0 Å². The van der Waals surface area contributed by atoms with Gasteiger partial charge in [0, 0.05) is 5.02 Å². The highest BCUT2D eigenvalue weighted by Crippen LogP contribution is 2.32. The molecule has 0 aliphatic heterocycles. The fourth-order valence-electron chi connectivity index (χ4n) is 2.86. The summed E-state index contributed by atoms with van der Waals surface area (Å²) in [6, 6.07) is 6.75. The lowest BCUT2D eigenvalue weighted by atomic mass is 9.86. The summed E-state index contributed by atoms with van der Waals surface area (Å²) >= 11 is 6.36. The maximum Gasteiger partial charge on any atom is 0.0411 e. The van der Waals surface area contributed by atoms with Crippen LogP contribution in [-0.2, 0) is 0 Å². The van der Waals surface area contributed by atoms with Crippen molar-refractivity contribution in [2.24, 2.45) is 0 Å². The molecule has 1 rings (SSSR count). The molecule has 0 aliphatic carbocycles. The van der Waals surface area contributed by atoms with Gasteiger partial charge in [-0.3, -0.25) is 0 Å². The van der Waals surface area contributed by atoms with Gasteiger partial charge >= 0.3 is 0 Å². The van der Waals surface area contributed by atoms with Crippen LogP contribution in [0.2, 0.25) is 5.02 Å². The molecule has 0 radical (unpaired) electrons. The Balaban J connectivity index is 2.90. The van der Waals surface area contributed by atoms with Gasteiger partial charge in [-0.2, -0.15) is 0 Å². The van der Waals surface area contributed by atoms with E-state index in [0.717, 1.165) is 5.02 Å². The molecule has 0 spiro atoms. The highest BCUT2D eigenvalue weighted by Gasteiger charge is 2.14. The van der Waals surface area contributed by atoms with Crippen LogP contribution in [0.4, 0.5) is 0 Å². The van der Waals surface area contributed by atoms with E-state index >= 15 is 0 Å². The zero-order valence-corrected chi connectivity index (χ0v) is 14.5. The Morgan fingerprint density at radius 2 is 1.60 bits per heavy atom. The summed E-state index contributed by atoms with van der Waals surface area (Å²) in [7, 11) is 0. The molecule has 0 aliphatic rings. The third-order valence-corrected chi connectivity index (χ3v) is 4.61. The van der Waals surface area contributed by atoms with Crippen molar-refractivity contribution in [1.29, 1.82) is 0 Å². The fraction of sp³-hybridized carbons (Fsp3) is 0.684. The van der Waals surface area contributed by atoms with Gasteiger partial charge < -0.3 is 0 Å². The molecule has 0 N–H and O–H groups in total. The van der Waals surface area contributed by atoms with E-state index in [1.165, 1.54) is 56.1 Å². The van der Waals surface area contributed by atoms with Crippen LogP contribution in [0.15, 0.2) is 18.2 Å². The molecule has 0 heterocycles. The minimum atomic E-state index is 0.602. The van der Waals surface area contributed by atoms with Gasteiger partial charge in [-0.1, -0.05) is 71.0 Å². The van der Waals surface area contributed by atoms with Gasteiger partial charge in [0.1, 0.15) is 0 Å². The molecule has 0 saturated heterocycles. The first-order chi connectivity index (χ1) is 9.62. The van der Waals surface area contributed by atoms with Gasteiger partial charge in [-0.25, -0.2) is 0 Å². The van der Waals surface area contributed by atoms with Crippen LogP contribution in [0.1, 0.15) is 95.6 Å². The molecule has 2 atom stereocenters. The third-order valence-electron chi connectivity index (χ3n) is 4.39. The van der Waals surface area contributed by atoms with E-state index in [2.05, 4.69) is 45.9 Å². The molecule has 114 valence electrons. The van der Waals surface area contributed by atoms with Gasteiger partial charge in [-0.05, 0) is 54.4 Å². The van der Waals surface area contributed by atoms with E-state index in [1.54, 1.807) is 0 Å². The number of halogens is 1. The van der Waals surface area contributed by atoms with E-state index in [9.17, 15) is 0 Å². The lowest BCUT2D eigenvalue weighted by molar-refractivity contribution is 0.528. The van der Waals surface area contributed by atoms with Crippen LogP contribution in [0, 0.1) is 0 Å². The second kappa shape index (κ2) is 9.45.